The first kappa shape index (κ1) is 24.3. The highest BCUT2D eigenvalue weighted by Crippen LogP contribution is 2.40. The molecule has 0 bridgehead atoms. The van der Waals surface area contributed by atoms with Crippen molar-refractivity contribution in [3.8, 4) is 39.5 Å². The van der Waals surface area contributed by atoms with E-state index in [1.807, 2.05) is 13.0 Å². The number of fused-ring (bicyclic) bond motifs is 1. The van der Waals surface area contributed by atoms with Crippen molar-refractivity contribution >= 4 is 16.8 Å². The zero-order valence-electron chi connectivity index (χ0n) is 19.6. The molecule has 0 saturated carbocycles. The summed E-state index contributed by atoms with van der Waals surface area (Å²) in [6.07, 6.45) is -4.51. The summed E-state index contributed by atoms with van der Waals surface area (Å²) in [6.45, 7) is 1.81. The van der Waals surface area contributed by atoms with Gasteiger partial charge in [0.25, 0.3) is 0 Å². The molecule has 0 aliphatic heterocycles. The maximum absolute atomic E-state index is 15.0. The largest absolute Gasteiger partial charge is 0.496 e. The number of alkyl halides is 3. The van der Waals surface area contributed by atoms with Crippen LogP contribution in [0.2, 0.25) is 0 Å². The van der Waals surface area contributed by atoms with Gasteiger partial charge in [0, 0.05) is 34.0 Å². The molecule has 188 valence electrons. The van der Waals surface area contributed by atoms with Gasteiger partial charge < -0.3 is 14.9 Å². The van der Waals surface area contributed by atoms with Crippen LogP contribution in [0.25, 0.3) is 44.8 Å². The van der Waals surface area contributed by atoms with E-state index in [1.165, 1.54) is 37.4 Å². The Kier molecular flexibility index (Phi) is 5.86. The van der Waals surface area contributed by atoms with Gasteiger partial charge in [0.15, 0.2) is 5.58 Å². The molecule has 0 amide bonds. The lowest BCUT2D eigenvalue weighted by Gasteiger charge is -2.14. The van der Waals surface area contributed by atoms with Gasteiger partial charge in [-0.25, -0.2) is 13.8 Å². The lowest BCUT2D eigenvalue weighted by atomic mass is 9.95. The van der Waals surface area contributed by atoms with Gasteiger partial charge in [-0.15, -0.1) is 0 Å². The molecule has 0 aliphatic rings. The highest BCUT2D eigenvalue weighted by atomic mass is 19.4. The molecule has 37 heavy (non-hydrogen) atoms. The standard InChI is InChI=1S/C28H19F5N2O2/c1-14-7-15(9-16(8-14)27-35-24-10-17(28(31,32)33)3-6-25(24)37-27)20-12-21(23(30)13-26(20)36-2)19-5-4-18(34)11-22(19)29/h3-13H,34H2,1-2H3. The lowest BCUT2D eigenvalue weighted by Crippen LogP contribution is -2.03. The second-order valence-electron chi connectivity index (χ2n) is 8.56. The van der Waals surface area contributed by atoms with E-state index in [0.29, 0.717) is 16.7 Å². The summed E-state index contributed by atoms with van der Waals surface area (Å²) in [4.78, 5) is 4.26. The Balaban J connectivity index is 1.64. The summed E-state index contributed by atoms with van der Waals surface area (Å²) < 4.78 is 80.1. The molecule has 0 aliphatic carbocycles. The van der Waals surface area contributed by atoms with Crippen LogP contribution in [0.5, 0.6) is 5.75 Å². The summed E-state index contributed by atoms with van der Waals surface area (Å²) in [6, 6.07) is 15.0. The van der Waals surface area contributed by atoms with Crippen LogP contribution >= 0.6 is 0 Å². The fourth-order valence-corrected chi connectivity index (χ4v) is 4.19. The summed E-state index contributed by atoms with van der Waals surface area (Å²) in [5, 5.41) is 0. The van der Waals surface area contributed by atoms with E-state index < -0.39 is 23.4 Å². The van der Waals surface area contributed by atoms with Crippen LogP contribution in [-0.2, 0) is 6.18 Å². The summed E-state index contributed by atoms with van der Waals surface area (Å²) in [5.74, 6) is -1.03. The fraction of sp³-hybridized carbons (Fsp3) is 0.107. The van der Waals surface area contributed by atoms with Gasteiger partial charge >= 0.3 is 6.18 Å². The number of rotatable bonds is 4. The van der Waals surface area contributed by atoms with Crippen molar-refractivity contribution in [3.05, 3.63) is 89.5 Å². The number of nitrogens with two attached hydrogens (primary N) is 1. The van der Waals surface area contributed by atoms with Gasteiger partial charge in [0.2, 0.25) is 5.89 Å². The van der Waals surface area contributed by atoms with Gasteiger partial charge in [0.1, 0.15) is 22.9 Å². The Hall–Kier alpha value is -4.40. The molecule has 1 aromatic heterocycles. The van der Waals surface area contributed by atoms with Crippen LogP contribution in [0.3, 0.4) is 0 Å². The molecule has 5 rings (SSSR count). The Morgan fingerprint density at radius 3 is 2.24 bits per heavy atom. The maximum Gasteiger partial charge on any atom is 0.416 e. The van der Waals surface area contributed by atoms with E-state index in [0.717, 1.165) is 23.8 Å². The predicted octanol–water partition coefficient (Wildman–Crippen LogP) is 8.03. The molecular formula is C28H19F5N2O2. The van der Waals surface area contributed by atoms with Crippen molar-refractivity contribution in [1.82, 2.24) is 4.98 Å². The van der Waals surface area contributed by atoms with E-state index in [2.05, 4.69) is 4.98 Å². The average molecular weight is 510 g/mol. The molecule has 4 nitrogen and oxygen atoms in total. The molecule has 0 atom stereocenters. The number of aromatic nitrogens is 1. The van der Waals surface area contributed by atoms with E-state index >= 15 is 0 Å². The topological polar surface area (TPSA) is 61.3 Å². The average Bonchev–Trinajstić information content (AvgIpc) is 3.27. The van der Waals surface area contributed by atoms with Crippen molar-refractivity contribution in [2.75, 3.05) is 12.8 Å². The molecule has 0 fully saturated rings. The van der Waals surface area contributed by atoms with Crippen LogP contribution in [0, 0.1) is 18.6 Å². The van der Waals surface area contributed by atoms with E-state index in [9.17, 15) is 22.0 Å². The number of nitrogens with zero attached hydrogens (tertiary/aromatic N) is 1. The number of anilines is 1. The van der Waals surface area contributed by atoms with Crippen LogP contribution in [0.4, 0.5) is 27.6 Å². The minimum Gasteiger partial charge on any atom is -0.496 e. The number of aryl methyl sites for hydroxylation is 1. The zero-order chi connectivity index (χ0) is 26.5. The number of hydrogen-bond acceptors (Lipinski definition) is 4. The van der Waals surface area contributed by atoms with Crippen molar-refractivity contribution < 1.29 is 31.1 Å². The molecular weight excluding hydrogens is 491 g/mol. The normalized spacial score (nSPS) is 11.8. The molecule has 2 N–H and O–H groups in total. The third-order valence-electron chi connectivity index (χ3n) is 5.92. The van der Waals surface area contributed by atoms with Crippen molar-refractivity contribution in [2.24, 2.45) is 0 Å². The maximum atomic E-state index is 15.0. The van der Waals surface area contributed by atoms with E-state index in [1.54, 1.807) is 12.1 Å². The van der Waals surface area contributed by atoms with Crippen LogP contribution in [0.15, 0.2) is 71.1 Å². The molecule has 0 saturated heterocycles. The first-order valence-corrected chi connectivity index (χ1v) is 11.1. The van der Waals surface area contributed by atoms with Crippen LogP contribution in [-0.4, -0.2) is 12.1 Å². The minimum absolute atomic E-state index is 0.0119. The number of ether oxygens (including phenoxy) is 1. The van der Waals surface area contributed by atoms with Gasteiger partial charge in [-0.05, 0) is 72.6 Å². The molecule has 4 aromatic carbocycles. The van der Waals surface area contributed by atoms with Gasteiger partial charge in [0.05, 0.1) is 12.7 Å². The molecule has 1 heterocycles. The fourth-order valence-electron chi connectivity index (χ4n) is 4.19. The number of methoxy groups -OCH3 is 1. The van der Waals surface area contributed by atoms with Crippen molar-refractivity contribution in [1.29, 1.82) is 0 Å². The number of oxazole rings is 1. The Morgan fingerprint density at radius 1 is 0.811 bits per heavy atom. The molecule has 0 radical (unpaired) electrons. The first-order chi connectivity index (χ1) is 17.5. The summed E-state index contributed by atoms with van der Waals surface area (Å²) in [7, 11) is 1.39. The third-order valence-corrected chi connectivity index (χ3v) is 5.92. The Morgan fingerprint density at radius 2 is 1.54 bits per heavy atom. The summed E-state index contributed by atoms with van der Waals surface area (Å²) in [5.41, 5.74) is 7.64. The Labute approximate surface area is 208 Å². The lowest BCUT2D eigenvalue weighted by molar-refractivity contribution is -0.137. The van der Waals surface area contributed by atoms with Gasteiger partial charge in [-0.1, -0.05) is 6.07 Å². The SMILES string of the molecule is COc1cc(F)c(-c2ccc(N)cc2F)cc1-c1cc(C)cc(-c2nc3cc(C(F)(F)F)ccc3o2)c1. The molecule has 0 unspecified atom stereocenters. The van der Waals surface area contributed by atoms with E-state index in [-0.39, 0.29) is 39.6 Å². The van der Waals surface area contributed by atoms with Gasteiger partial charge in [-0.2, -0.15) is 13.2 Å². The minimum atomic E-state index is -4.51. The highest BCUT2D eigenvalue weighted by molar-refractivity contribution is 5.82. The van der Waals surface area contributed by atoms with Crippen molar-refractivity contribution in [2.45, 2.75) is 13.1 Å². The van der Waals surface area contributed by atoms with E-state index in [4.69, 9.17) is 14.9 Å². The second kappa shape index (κ2) is 8.92. The highest BCUT2D eigenvalue weighted by Gasteiger charge is 2.31. The smallest absolute Gasteiger partial charge is 0.416 e. The number of halogens is 5. The third kappa shape index (κ3) is 4.60. The van der Waals surface area contributed by atoms with Crippen LogP contribution < -0.4 is 10.5 Å². The predicted molar refractivity (Wildman–Crippen MR) is 131 cm³/mol. The Bertz CT molecular complexity index is 1660. The number of hydrogen-bond donors (Lipinski definition) is 1. The van der Waals surface area contributed by atoms with Gasteiger partial charge in [-0.3, -0.25) is 0 Å². The number of benzene rings is 4. The molecule has 0 spiro atoms. The number of nitrogen functional groups attached to an aromatic ring is 1. The quantitative estimate of drug-likeness (QED) is 0.196. The molecule has 5 aromatic rings. The monoisotopic (exact) mass is 510 g/mol. The van der Waals surface area contributed by atoms with Crippen molar-refractivity contribution in [3.63, 3.8) is 0 Å². The summed E-state index contributed by atoms with van der Waals surface area (Å²) >= 11 is 0. The molecule has 9 heteroatoms. The van der Waals surface area contributed by atoms with Crippen LogP contribution in [0.1, 0.15) is 11.1 Å². The second-order valence-corrected chi connectivity index (χ2v) is 8.56. The zero-order valence-corrected chi connectivity index (χ0v) is 19.6. The first-order valence-electron chi connectivity index (χ1n) is 11.1.